The van der Waals surface area contributed by atoms with E-state index in [1.807, 2.05) is 55.5 Å². The summed E-state index contributed by atoms with van der Waals surface area (Å²) in [4.78, 5) is 26.6. The van der Waals surface area contributed by atoms with Crippen LogP contribution >= 0.6 is 11.6 Å². The molecule has 2 aromatic carbocycles. The average Bonchev–Trinajstić information content (AvgIpc) is 2.72. The van der Waals surface area contributed by atoms with E-state index >= 15 is 0 Å². The Morgan fingerprint density at radius 3 is 2.59 bits per heavy atom. The highest BCUT2D eigenvalue weighted by Crippen LogP contribution is 2.47. The second-order valence-corrected chi connectivity index (χ2v) is 9.79. The van der Waals surface area contributed by atoms with E-state index in [-0.39, 0.29) is 17.8 Å². The summed E-state index contributed by atoms with van der Waals surface area (Å²) in [7, 11) is 0. The third-order valence-electron chi connectivity index (χ3n) is 6.11. The Bertz CT molecular complexity index is 1110. The fourth-order valence-electron chi connectivity index (χ4n) is 4.71. The van der Waals surface area contributed by atoms with E-state index in [0.29, 0.717) is 29.0 Å². The molecule has 0 spiro atoms. The van der Waals surface area contributed by atoms with Crippen molar-refractivity contribution in [2.24, 2.45) is 5.41 Å². The SMILES string of the molecule is CC1=C(C(=O)OCCc2ccccc2)[C@@H](c2cccc(Cl)c2)C2=C(CC(C)(C)CC2=O)N1. The molecule has 0 amide bonds. The molecule has 0 unspecified atom stereocenters. The summed E-state index contributed by atoms with van der Waals surface area (Å²) in [6.07, 6.45) is 1.83. The van der Waals surface area contributed by atoms with Gasteiger partial charge in [-0.25, -0.2) is 4.79 Å². The predicted octanol–water partition coefficient (Wildman–Crippen LogP) is 5.73. The molecule has 4 rings (SSSR count). The summed E-state index contributed by atoms with van der Waals surface area (Å²) >= 11 is 6.29. The van der Waals surface area contributed by atoms with Gasteiger partial charge < -0.3 is 10.1 Å². The van der Waals surface area contributed by atoms with Gasteiger partial charge in [0, 0.05) is 40.7 Å². The maximum Gasteiger partial charge on any atom is 0.336 e. The minimum Gasteiger partial charge on any atom is -0.462 e. The van der Waals surface area contributed by atoms with E-state index in [1.54, 1.807) is 6.07 Å². The number of hydrogen-bond acceptors (Lipinski definition) is 4. The summed E-state index contributed by atoms with van der Waals surface area (Å²) < 4.78 is 5.69. The predicted molar refractivity (Wildman–Crippen MR) is 126 cm³/mol. The van der Waals surface area contributed by atoms with Crippen molar-refractivity contribution in [1.82, 2.24) is 5.32 Å². The average molecular weight is 450 g/mol. The van der Waals surface area contributed by atoms with Gasteiger partial charge in [0.1, 0.15) is 0 Å². The molecule has 1 N–H and O–H groups in total. The van der Waals surface area contributed by atoms with Crippen LogP contribution in [0.3, 0.4) is 0 Å². The number of esters is 1. The van der Waals surface area contributed by atoms with Crippen LogP contribution in [0.5, 0.6) is 0 Å². The van der Waals surface area contributed by atoms with Gasteiger partial charge in [-0.3, -0.25) is 4.79 Å². The number of allylic oxidation sites excluding steroid dienone is 3. The van der Waals surface area contributed by atoms with Crippen LogP contribution in [-0.4, -0.2) is 18.4 Å². The number of hydrogen-bond donors (Lipinski definition) is 1. The summed E-state index contributed by atoms with van der Waals surface area (Å²) in [6, 6.07) is 17.3. The maximum absolute atomic E-state index is 13.3. The van der Waals surface area contributed by atoms with Gasteiger partial charge in [0.25, 0.3) is 0 Å². The van der Waals surface area contributed by atoms with Crippen molar-refractivity contribution in [3.8, 4) is 0 Å². The molecular weight excluding hydrogens is 422 g/mol. The van der Waals surface area contributed by atoms with Gasteiger partial charge >= 0.3 is 5.97 Å². The lowest BCUT2D eigenvalue weighted by Crippen LogP contribution is -2.38. The molecule has 0 aromatic heterocycles. The van der Waals surface area contributed by atoms with Gasteiger partial charge in [-0.2, -0.15) is 0 Å². The number of dihydropyridines is 1. The van der Waals surface area contributed by atoms with Crippen molar-refractivity contribution >= 4 is 23.4 Å². The van der Waals surface area contributed by atoms with Crippen LogP contribution < -0.4 is 5.32 Å². The minimum atomic E-state index is -0.488. The Morgan fingerprint density at radius 2 is 1.88 bits per heavy atom. The zero-order chi connectivity index (χ0) is 22.9. The topological polar surface area (TPSA) is 55.4 Å². The standard InChI is InChI=1S/C27H28ClNO3/c1-17-23(26(31)32-13-12-18-8-5-4-6-9-18)24(19-10-7-11-20(28)14-19)25-21(29-17)15-27(2,3)16-22(25)30/h4-11,14,24,29H,12-13,15-16H2,1-3H3/t24-/m1/s1. The largest absolute Gasteiger partial charge is 0.462 e. The summed E-state index contributed by atoms with van der Waals surface area (Å²) in [5.74, 6) is -0.825. The number of rotatable bonds is 5. The van der Waals surface area contributed by atoms with Gasteiger partial charge in [0.2, 0.25) is 0 Å². The van der Waals surface area contributed by atoms with E-state index in [2.05, 4.69) is 19.2 Å². The third-order valence-corrected chi connectivity index (χ3v) is 6.34. The molecule has 1 atom stereocenters. The smallest absolute Gasteiger partial charge is 0.336 e. The zero-order valence-corrected chi connectivity index (χ0v) is 19.5. The molecule has 0 fully saturated rings. The fourth-order valence-corrected chi connectivity index (χ4v) is 4.91. The number of Topliss-reactive ketones (excluding diaryl/α,β-unsaturated/α-hetero) is 1. The monoisotopic (exact) mass is 449 g/mol. The molecule has 4 nitrogen and oxygen atoms in total. The van der Waals surface area contributed by atoms with E-state index in [9.17, 15) is 9.59 Å². The Morgan fingerprint density at radius 1 is 1.12 bits per heavy atom. The van der Waals surface area contributed by atoms with E-state index in [1.165, 1.54) is 0 Å². The number of ether oxygens (including phenoxy) is 1. The van der Waals surface area contributed by atoms with Gasteiger partial charge in [0.05, 0.1) is 12.2 Å². The normalized spacial score (nSPS) is 20.0. The van der Waals surface area contributed by atoms with E-state index < -0.39 is 11.9 Å². The highest BCUT2D eigenvalue weighted by molar-refractivity contribution is 6.30. The summed E-state index contributed by atoms with van der Waals surface area (Å²) in [5, 5.41) is 3.93. The molecule has 5 heteroatoms. The Labute approximate surface area is 194 Å². The lowest BCUT2D eigenvalue weighted by atomic mass is 9.68. The molecule has 1 heterocycles. The van der Waals surface area contributed by atoms with Crippen LogP contribution in [0.25, 0.3) is 0 Å². The minimum absolute atomic E-state index is 0.0656. The van der Waals surface area contributed by atoms with Crippen molar-refractivity contribution in [2.45, 2.75) is 46.0 Å². The quantitative estimate of drug-likeness (QED) is 0.592. The lowest BCUT2D eigenvalue weighted by molar-refractivity contribution is -0.139. The second-order valence-electron chi connectivity index (χ2n) is 9.36. The Kier molecular flexibility index (Phi) is 6.25. The molecule has 0 saturated carbocycles. The van der Waals surface area contributed by atoms with Gasteiger partial charge in [-0.1, -0.05) is 67.9 Å². The molecule has 0 saturated heterocycles. The molecule has 2 aromatic rings. The molecule has 2 aliphatic rings. The van der Waals surface area contributed by atoms with Crippen molar-refractivity contribution in [2.75, 3.05) is 6.61 Å². The van der Waals surface area contributed by atoms with Crippen LogP contribution in [0.15, 0.2) is 77.1 Å². The Hall–Kier alpha value is -2.85. The van der Waals surface area contributed by atoms with Crippen molar-refractivity contribution in [1.29, 1.82) is 0 Å². The third kappa shape index (κ3) is 4.66. The van der Waals surface area contributed by atoms with Gasteiger partial charge in [-0.05, 0) is 42.0 Å². The first-order valence-corrected chi connectivity index (χ1v) is 11.3. The first kappa shape index (κ1) is 22.3. The van der Waals surface area contributed by atoms with Crippen LogP contribution in [0.4, 0.5) is 0 Å². The van der Waals surface area contributed by atoms with Gasteiger partial charge in [-0.15, -0.1) is 0 Å². The van der Waals surface area contributed by atoms with Crippen LogP contribution in [0.2, 0.25) is 5.02 Å². The molecular formula is C27H28ClNO3. The highest BCUT2D eigenvalue weighted by Gasteiger charge is 2.43. The van der Waals surface area contributed by atoms with Crippen molar-refractivity contribution in [3.05, 3.63) is 93.3 Å². The molecule has 1 aliphatic heterocycles. The number of carbonyl (C=O) groups is 2. The lowest BCUT2D eigenvalue weighted by Gasteiger charge is -2.39. The van der Waals surface area contributed by atoms with Crippen LogP contribution in [-0.2, 0) is 20.7 Å². The first-order valence-electron chi connectivity index (χ1n) is 11.0. The molecule has 0 bridgehead atoms. The van der Waals surface area contributed by atoms with Crippen molar-refractivity contribution in [3.63, 3.8) is 0 Å². The maximum atomic E-state index is 13.3. The highest BCUT2D eigenvalue weighted by atomic mass is 35.5. The van der Waals surface area contributed by atoms with E-state index in [0.717, 1.165) is 28.9 Å². The van der Waals surface area contributed by atoms with Crippen LogP contribution in [0, 0.1) is 5.41 Å². The molecule has 166 valence electrons. The number of halogens is 1. The summed E-state index contributed by atoms with van der Waals surface area (Å²) in [5.41, 5.74) is 4.57. The molecule has 0 radical (unpaired) electrons. The number of carbonyl (C=O) groups excluding carboxylic acids is 2. The number of ketones is 1. The molecule has 32 heavy (non-hydrogen) atoms. The fraction of sp³-hybridized carbons (Fsp3) is 0.333. The zero-order valence-electron chi connectivity index (χ0n) is 18.7. The van der Waals surface area contributed by atoms with Crippen molar-refractivity contribution < 1.29 is 14.3 Å². The van der Waals surface area contributed by atoms with Gasteiger partial charge in [0.15, 0.2) is 5.78 Å². The summed E-state index contributed by atoms with van der Waals surface area (Å²) in [6.45, 7) is 6.34. The second kappa shape index (κ2) is 8.95. The Balaban J connectivity index is 1.67. The number of benzene rings is 2. The van der Waals surface area contributed by atoms with E-state index in [4.69, 9.17) is 16.3 Å². The van der Waals surface area contributed by atoms with Crippen LogP contribution in [0.1, 0.15) is 50.7 Å². The number of nitrogens with one attached hydrogen (secondary N) is 1. The first-order chi connectivity index (χ1) is 15.2. The molecule has 1 aliphatic carbocycles.